The van der Waals surface area contributed by atoms with Crippen LogP contribution < -0.4 is 5.32 Å². The smallest absolute Gasteiger partial charge is 0.241 e. The molecule has 0 amide bonds. The van der Waals surface area contributed by atoms with Crippen LogP contribution in [0.3, 0.4) is 0 Å². The maximum atomic E-state index is 10.5. The van der Waals surface area contributed by atoms with Gasteiger partial charge in [0.25, 0.3) is 0 Å². The number of thiocarbonyl (C=S) groups is 1. The van der Waals surface area contributed by atoms with Crippen LogP contribution in [0.4, 0.5) is 0 Å². The number of carbonyl (C=O) groups is 1. The van der Waals surface area contributed by atoms with Crippen molar-refractivity contribution in [3.63, 3.8) is 0 Å². The van der Waals surface area contributed by atoms with Gasteiger partial charge in [0.15, 0.2) is 0 Å². The molecule has 4 heteroatoms. The summed E-state index contributed by atoms with van der Waals surface area (Å²) in [4.78, 5) is 10.5. The highest BCUT2D eigenvalue weighted by Crippen LogP contribution is 2.16. The summed E-state index contributed by atoms with van der Waals surface area (Å²) in [5.74, 6) is 0. The van der Waals surface area contributed by atoms with Crippen molar-refractivity contribution in [2.45, 2.75) is 0 Å². The van der Waals surface area contributed by atoms with Gasteiger partial charge in [-0.15, -0.1) is 0 Å². The zero-order valence-corrected chi connectivity index (χ0v) is 5.56. The number of rotatable bonds is 0. The standard InChI is InChI=1S/C4H3NOS2/c1-2-3(6)8-4(7)5-2/h1H2,(H,5,7). The molecule has 8 heavy (non-hydrogen) atoms. The van der Waals surface area contributed by atoms with E-state index in [1.807, 2.05) is 0 Å². The van der Waals surface area contributed by atoms with E-state index in [1.54, 1.807) is 0 Å². The first-order chi connectivity index (χ1) is 3.70. The van der Waals surface area contributed by atoms with Gasteiger partial charge in [-0.05, 0) is 11.8 Å². The van der Waals surface area contributed by atoms with Crippen LogP contribution in [0.5, 0.6) is 0 Å². The second-order valence-corrected chi connectivity index (χ2v) is 2.93. The van der Waals surface area contributed by atoms with Gasteiger partial charge in [-0.1, -0.05) is 18.8 Å². The number of hydrogen-bond donors (Lipinski definition) is 1. The first kappa shape index (κ1) is 5.78. The lowest BCUT2D eigenvalue weighted by Crippen LogP contribution is -2.08. The molecule has 0 bridgehead atoms. The van der Waals surface area contributed by atoms with Crippen molar-refractivity contribution in [1.82, 2.24) is 5.32 Å². The van der Waals surface area contributed by atoms with Gasteiger partial charge in [-0.2, -0.15) is 0 Å². The highest BCUT2D eigenvalue weighted by atomic mass is 32.2. The molecule has 0 atom stereocenters. The minimum absolute atomic E-state index is 0.0741. The number of nitrogens with one attached hydrogen (secondary N) is 1. The molecule has 0 radical (unpaired) electrons. The molecule has 0 aliphatic carbocycles. The molecule has 0 aromatic heterocycles. The quantitative estimate of drug-likeness (QED) is 0.400. The number of thioether (sulfide) groups is 1. The van der Waals surface area contributed by atoms with Crippen molar-refractivity contribution >= 4 is 33.4 Å². The van der Waals surface area contributed by atoms with Crippen LogP contribution in [-0.2, 0) is 4.79 Å². The highest BCUT2D eigenvalue weighted by molar-refractivity contribution is 8.33. The van der Waals surface area contributed by atoms with Gasteiger partial charge in [0.2, 0.25) is 5.12 Å². The second-order valence-electron chi connectivity index (χ2n) is 1.28. The van der Waals surface area contributed by atoms with E-state index in [-0.39, 0.29) is 5.12 Å². The van der Waals surface area contributed by atoms with Crippen LogP contribution in [0.2, 0.25) is 0 Å². The van der Waals surface area contributed by atoms with E-state index in [9.17, 15) is 4.79 Å². The van der Waals surface area contributed by atoms with Crippen molar-refractivity contribution in [1.29, 1.82) is 0 Å². The maximum Gasteiger partial charge on any atom is 0.241 e. The lowest BCUT2D eigenvalue weighted by atomic mass is 10.6. The van der Waals surface area contributed by atoms with E-state index < -0.39 is 0 Å². The molecule has 1 fully saturated rings. The molecule has 0 saturated carbocycles. The molecule has 1 rings (SSSR count). The predicted molar refractivity (Wildman–Crippen MR) is 37.5 cm³/mol. The third-order valence-electron chi connectivity index (χ3n) is 0.685. The average Bonchev–Trinajstić information content (AvgIpc) is 1.85. The summed E-state index contributed by atoms with van der Waals surface area (Å²) < 4.78 is 0.500. The van der Waals surface area contributed by atoms with Crippen LogP contribution in [0.1, 0.15) is 0 Å². The monoisotopic (exact) mass is 145 g/mol. The van der Waals surface area contributed by atoms with Gasteiger partial charge in [-0.25, -0.2) is 0 Å². The van der Waals surface area contributed by atoms with E-state index in [0.29, 0.717) is 10.0 Å². The number of carbonyl (C=O) groups excluding carboxylic acids is 1. The molecular formula is C4H3NOS2. The van der Waals surface area contributed by atoms with Crippen molar-refractivity contribution in [3.05, 3.63) is 12.3 Å². The summed E-state index contributed by atoms with van der Waals surface area (Å²) in [5.41, 5.74) is 0.389. The summed E-state index contributed by atoms with van der Waals surface area (Å²) in [6.07, 6.45) is 0. The molecule has 1 aliphatic heterocycles. The Morgan fingerprint density at radius 1 is 1.75 bits per heavy atom. The van der Waals surface area contributed by atoms with Crippen LogP contribution in [0.15, 0.2) is 12.3 Å². The molecule has 2 nitrogen and oxygen atoms in total. The molecule has 0 aromatic carbocycles. The topological polar surface area (TPSA) is 29.1 Å². The van der Waals surface area contributed by atoms with Gasteiger partial charge in [0.1, 0.15) is 4.32 Å². The van der Waals surface area contributed by atoms with Gasteiger partial charge in [0.05, 0.1) is 5.70 Å². The lowest BCUT2D eigenvalue weighted by molar-refractivity contribution is -0.107. The van der Waals surface area contributed by atoms with Crippen LogP contribution in [-0.4, -0.2) is 9.44 Å². The van der Waals surface area contributed by atoms with Crippen LogP contribution in [0.25, 0.3) is 0 Å². The van der Waals surface area contributed by atoms with E-state index in [0.717, 1.165) is 11.8 Å². The van der Waals surface area contributed by atoms with Crippen molar-refractivity contribution < 1.29 is 4.79 Å². The average molecular weight is 145 g/mol. The van der Waals surface area contributed by atoms with E-state index in [4.69, 9.17) is 0 Å². The SMILES string of the molecule is C=C1NC(=S)SC1=O. The third kappa shape index (κ3) is 0.900. The summed E-state index contributed by atoms with van der Waals surface area (Å²) in [7, 11) is 0. The minimum Gasteiger partial charge on any atom is -0.338 e. The Balaban J connectivity index is 2.79. The van der Waals surface area contributed by atoms with Crippen molar-refractivity contribution in [2.75, 3.05) is 0 Å². The fourth-order valence-electron chi connectivity index (χ4n) is 0.346. The Hall–Kier alpha value is -0.350. The zero-order valence-electron chi connectivity index (χ0n) is 3.93. The van der Waals surface area contributed by atoms with E-state index >= 15 is 0 Å². The zero-order chi connectivity index (χ0) is 6.15. The first-order valence-electron chi connectivity index (χ1n) is 1.92. The molecule has 1 N–H and O–H groups in total. The Bertz CT molecular complexity index is 157. The summed E-state index contributed by atoms with van der Waals surface area (Å²) >= 11 is 5.65. The van der Waals surface area contributed by atoms with Crippen molar-refractivity contribution in [2.24, 2.45) is 0 Å². The van der Waals surface area contributed by atoms with Crippen LogP contribution in [0, 0.1) is 0 Å². The van der Waals surface area contributed by atoms with Crippen LogP contribution >= 0.6 is 24.0 Å². The predicted octanol–water partition coefficient (Wildman–Crippen LogP) is 0.648. The summed E-state index contributed by atoms with van der Waals surface area (Å²) in [6.45, 7) is 3.42. The van der Waals surface area contributed by atoms with Gasteiger partial charge in [0, 0.05) is 0 Å². The fourth-order valence-corrected chi connectivity index (χ4v) is 1.21. The molecule has 42 valence electrons. The largest absolute Gasteiger partial charge is 0.338 e. The first-order valence-corrected chi connectivity index (χ1v) is 3.14. The van der Waals surface area contributed by atoms with Gasteiger partial charge in [-0.3, -0.25) is 4.79 Å². The lowest BCUT2D eigenvalue weighted by Gasteiger charge is -1.85. The molecule has 1 aliphatic rings. The Labute approximate surface area is 56.3 Å². The Morgan fingerprint density at radius 2 is 2.38 bits per heavy atom. The molecule has 0 spiro atoms. The molecule has 0 unspecified atom stereocenters. The Kier molecular flexibility index (Phi) is 1.35. The molecular weight excluding hydrogens is 142 g/mol. The maximum absolute atomic E-state index is 10.5. The molecule has 1 heterocycles. The molecule has 0 aromatic rings. The minimum atomic E-state index is -0.0741. The second kappa shape index (κ2) is 1.87. The van der Waals surface area contributed by atoms with Gasteiger partial charge >= 0.3 is 0 Å². The fraction of sp³-hybridized carbons (Fsp3) is 0. The molecule has 1 saturated heterocycles. The Morgan fingerprint density at radius 3 is 2.50 bits per heavy atom. The van der Waals surface area contributed by atoms with Crippen molar-refractivity contribution in [3.8, 4) is 0 Å². The summed E-state index contributed by atoms with van der Waals surface area (Å²) in [6, 6.07) is 0. The highest BCUT2D eigenvalue weighted by Gasteiger charge is 2.19. The normalized spacial score (nSPS) is 19.2. The summed E-state index contributed by atoms with van der Waals surface area (Å²) in [5, 5.41) is 2.54. The number of hydrogen-bond acceptors (Lipinski definition) is 3. The van der Waals surface area contributed by atoms with E-state index in [1.165, 1.54) is 0 Å². The third-order valence-corrected chi connectivity index (χ3v) is 1.76. The van der Waals surface area contributed by atoms with Gasteiger partial charge < -0.3 is 5.32 Å². The van der Waals surface area contributed by atoms with E-state index in [2.05, 4.69) is 24.1 Å².